The third-order valence-corrected chi connectivity index (χ3v) is 4.44. The van der Waals surface area contributed by atoms with E-state index in [0.29, 0.717) is 11.5 Å². The van der Waals surface area contributed by atoms with Crippen LogP contribution < -0.4 is 9.47 Å². The Balaban J connectivity index is 1.75. The molecule has 3 rings (SSSR count). The molecule has 0 aromatic heterocycles. The van der Waals surface area contributed by atoms with Crippen LogP contribution >= 0.6 is 0 Å². The number of benzene rings is 2. The van der Waals surface area contributed by atoms with Gasteiger partial charge in [0.15, 0.2) is 5.78 Å². The van der Waals surface area contributed by atoms with Crippen molar-refractivity contribution in [3.05, 3.63) is 70.8 Å². The topological polar surface area (TPSA) is 69.7 Å². The minimum Gasteiger partial charge on any atom is -0.427 e. The molecule has 0 radical (unpaired) electrons. The Morgan fingerprint density at radius 3 is 1.45 bits per heavy atom. The SMILES string of the molecule is CC(=O)Oc1ccc(/C=C2/CCC/C(=C/c3ccc(OC(C)=O)cc3)C2=O)cc1. The van der Waals surface area contributed by atoms with E-state index in [1.807, 2.05) is 36.4 Å². The second kappa shape index (κ2) is 9.15. The number of allylic oxidation sites excluding steroid dienone is 2. The molecule has 1 aliphatic carbocycles. The van der Waals surface area contributed by atoms with Gasteiger partial charge in [0.2, 0.25) is 0 Å². The summed E-state index contributed by atoms with van der Waals surface area (Å²) in [7, 11) is 0. The maximum absolute atomic E-state index is 12.9. The molecule has 0 unspecified atom stereocenters. The number of Topliss-reactive ketones (excluding diaryl/α,β-unsaturated/α-hetero) is 1. The molecule has 5 heteroatoms. The van der Waals surface area contributed by atoms with Crippen LogP contribution in [0.1, 0.15) is 44.2 Å². The first-order chi connectivity index (χ1) is 13.9. The third-order valence-electron chi connectivity index (χ3n) is 4.44. The third kappa shape index (κ3) is 5.75. The van der Waals surface area contributed by atoms with Crippen molar-refractivity contribution < 1.29 is 23.9 Å². The van der Waals surface area contributed by atoms with E-state index in [1.165, 1.54) is 13.8 Å². The predicted octanol–water partition coefficient (Wildman–Crippen LogP) is 4.76. The summed E-state index contributed by atoms with van der Waals surface area (Å²) in [4.78, 5) is 34.9. The maximum Gasteiger partial charge on any atom is 0.308 e. The molecule has 0 atom stereocenters. The molecular weight excluding hydrogens is 368 g/mol. The van der Waals surface area contributed by atoms with Gasteiger partial charge in [0.1, 0.15) is 11.5 Å². The highest BCUT2D eigenvalue weighted by molar-refractivity contribution is 6.13. The minimum absolute atomic E-state index is 0.0457. The number of carbonyl (C=O) groups is 3. The molecule has 2 aromatic rings. The van der Waals surface area contributed by atoms with E-state index < -0.39 is 0 Å². The van der Waals surface area contributed by atoms with E-state index in [9.17, 15) is 14.4 Å². The summed E-state index contributed by atoms with van der Waals surface area (Å²) >= 11 is 0. The van der Waals surface area contributed by atoms with E-state index in [2.05, 4.69) is 0 Å². The maximum atomic E-state index is 12.9. The predicted molar refractivity (Wildman–Crippen MR) is 110 cm³/mol. The van der Waals surface area contributed by atoms with Crippen LogP contribution in [-0.2, 0) is 14.4 Å². The Labute approximate surface area is 169 Å². The second-order valence-electron chi connectivity index (χ2n) is 6.85. The van der Waals surface area contributed by atoms with Gasteiger partial charge in [-0.2, -0.15) is 0 Å². The van der Waals surface area contributed by atoms with Gasteiger partial charge in [-0.1, -0.05) is 24.3 Å². The van der Waals surface area contributed by atoms with Crippen molar-refractivity contribution in [2.45, 2.75) is 33.1 Å². The minimum atomic E-state index is -0.366. The molecular formula is C24H22O5. The van der Waals surface area contributed by atoms with Gasteiger partial charge in [-0.15, -0.1) is 0 Å². The zero-order chi connectivity index (χ0) is 20.8. The Morgan fingerprint density at radius 2 is 1.10 bits per heavy atom. The van der Waals surface area contributed by atoms with Crippen LogP contribution in [0.5, 0.6) is 11.5 Å². The molecule has 0 aliphatic heterocycles. The molecule has 1 aliphatic rings. The number of ketones is 1. The zero-order valence-corrected chi connectivity index (χ0v) is 16.4. The van der Waals surface area contributed by atoms with Crippen LogP contribution in [0.4, 0.5) is 0 Å². The summed E-state index contributed by atoms with van der Waals surface area (Å²) in [5.41, 5.74) is 3.30. The van der Waals surface area contributed by atoms with Gasteiger partial charge in [-0.05, 0) is 66.8 Å². The van der Waals surface area contributed by atoms with Gasteiger partial charge in [0.25, 0.3) is 0 Å². The zero-order valence-electron chi connectivity index (χ0n) is 16.4. The Bertz CT molecular complexity index is 899. The number of esters is 2. The molecule has 0 amide bonds. The van der Waals surface area contributed by atoms with Gasteiger partial charge in [0, 0.05) is 25.0 Å². The molecule has 148 valence electrons. The summed E-state index contributed by atoms with van der Waals surface area (Å²) in [6.07, 6.45) is 6.13. The van der Waals surface area contributed by atoms with Gasteiger partial charge in [0.05, 0.1) is 0 Å². The highest BCUT2D eigenvalue weighted by atomic mass is 16.5. The van der Waals surface area contributed by atoms with E-state index in [4.69, 9.17) is 9.47 Å². The molecule has 0 spiro atoms. The standard InChI is InChI=1S/C24H22O5/c1-16(25)28-22-10-6-18(7-11-22)14-20-4-3-5-21(24(20)27)15-19-8-12-23(13-9-19)29-17(2)26/h6-15H,3-5H2,1-2H3/b20-14-,21-15-. The summed E-state index contributed by atoms with van der Waals surface area (Å²) in [6.45, 7) is 2.71. The molecule has 1 fully saturated rings. The van der Waals surface area contributed by atoms with Gasteiger partial charge < -0.3 is 9.47 Å². The van der Waals surface area contributed by atoms with Crippen LogP contribution in [0, 0.1) is 0 Å². The summed E-state index contributed by atoms with van der Waals surface area (Å²) < 4.78 is 10.1. The molecule has 0 bridgehead atoms. The van der Waals surface area contributed by atoms with Crippen LogP contribution in [0.3, 0.4) is 0 Å². The lowest BCUT2D eigenvalue weighted by Crippen LogP contribution is -2.12. The molecule has 0 saturated heterocycles. The van der Waals surface area contributed by atoms with Crippen molar-refractivity contribution in [2.24, 2.45) is 0 Å². The summed E-state index contributed by atoms with van der Waals surface area (Å²) in [5, 5.41) is 0. The molecule has 0 N–H and O–H groups in total. The fourth-order valence-corrected chi connectivity index (χ4v) is 3.18. The second-order valence-corrected chi connectivity index (χ2v) is 6.85. The van der Waals surface area contributed by atoms with Crippen LogP contribution in [0.25, 0.3) is 12.2 Å². The molecule has 2 aromatic carbocycles. The normalized spacial score (nSPS) is 16.7. The van der Waals surface area contributed by atoms with Crippen molar-refractivity contribution in [1.82, 2.24) is 0 Å². The quantitative estimate of drug-likeness (QED) is 0.428. The molecule has 0 heterocycles. The lowest BCUT2D eigenvalue weighted by molar-refractivity contribution is -0.132. The number of carbonyl (C=O) groups excluding carboxylic acids is 3. The van der Waals surface area contributed by atoms with Crippen molar-refractivity contribution in [2.75, 3.05) is 0 Å². The van der Waals surface area contributed by atoms with Crippen molar-refractivity contribution in [3.8, 4) is 11.5 Å². The lowest BCUT2D eigenvalue weighted by Gasteiger charge is -2.16. The molecule has 29 heavy (non-hydrogen) atoms. The van der Waals surface area contributed by atoms with Crippen molar-refractivity contribution in [3.63, 3.8) is 0 Å². The first kappa shape index (κ1) is 20.3. The average molecular weight is 390 g/mol. The summed E-state index contributed by atoms with van der Waals surface area (Å²) in [6, 6.07) is 14.1. The fraction of sp³-hybridized carbons (Fsp3) is 0.208. The lowest BCUT2D eigenvalue weighted by atomic mass is 9.87. The molecule has 5 nitrogen and oxygen atoms in total. The fourth-order valence-electron chi connectivity index (χ4n) is 3.18. The number of hydrogen-bond donors (Lipinski definition) is 0. The van der Waals surface area contributed by atoms with Crippen molar-refractivity contribution in [1.29, 1.82) is 0 Å². The number of hydrogen-bond acceptors (Lipinski definition) is 5. The Kier molecular flexibility index (Phi) is 6.39. The van der Waals surface area contributed by atoms with Gasteiger partial charge >= 0.3 is 11.9 Å². The number of rotatable bonds is 4. The summed E-state index contributed by atoms with van der Waals surface area (Å²) in [5.74, 6) is 0.271. The van der Waals surface area contributed by atoms with Crippen LogP contribution in [-0.4, -0.2) is 17.7 Å². The Hall–Kier alpha value is -3.47. The van der Waals surface area contributed by atoms with Crippen molar-refractivity contribution >= 4 is 29.9 Å². The highest BCUT2D eigenvalue weighted by Crippen LogP contribution is 2.28. The average Bonchev–Trinajstić information content (AvgIpc) is 2.67. The first-order valence-electron chi connectivity index (χ1n) is 9.43. The monoisotopic (exact) mass is 390 g/mol. The van der Waals surface area contributed by atoms with Gasteiger partial charge in [-0.3, -0.25) is 14.4 Å². The van der Waals surface area contributed by atoms with Crippen LogP contribution in [0.2, 0.25) is 0 Å². The van der Waals surface area contributed by atoms with E-state index in [-0.39, 0.29) is 17.7 Å². The molecule has 1 saturated carbocycles. The van der Waals surface area contributed by atoms with E-state index >= 15 is 0 Å². The largest absolute Gasteiger partial charge is 0.427 e. The van der Waals surface area contributed by atoms with E-state index in [1.54, 1.807) is 24.3 Å². The Morgan fingerprint density at radius 1 is 0.724 bits per heavy atom. The van der Waals surface area contributed by atoms with E-state index in [0.717, 1.165) is 41.5 Å². The smallest absolute Gasteiger partial charge is 0.308 e. The highest BCUT2D eigenvalue weighted by Gasteiger charge is 2.20. The van der Waals surface area contributed by atoms with Gasteiger partial charge in [-0.25, -0.2) is 0 Å². The number of ether oxygens (including phenoxy) is 2. The first-order valence-corrected chi connectivity index (χ1v) is 9.43. The van der Waals surface area contributed by atoms with Crippen LogP contribution in [0.15, 0.2) is 59.7 Å².